The molecule has 4 nitrogen and oxygen atoms in total. The molecule has 0 aliphatic carbocycles. The molecular formula is C14H15BrN2O2. The molecule has 1 saturated heterocycles. The highest BCUT2D eigenvalue weighted by Gasteiger charge is 2.21. The Morgan fingerprint density at radius 2 is 2.32 bits per heavy atom. The second-order valence-electron chi connectivity index (χ2n) is 4.93. The molecule has 0 saturated carbocycles. The number of furan rings is 1. The van der Waals surface area contributed by atoms with E-state index in [9.17, 15) is 4.79 Å². The van der Waals surface area contributed by atoms with E-state index in [1.807, 2.05) is 25.1 Å². The number of benzene rings is 1. The summed E-state index contributed by atoms with van der Waals surface area (Å²) in [5, 5.41) is 7.09. The van der Waals surface area contributed by atoms with Crippen molar-refractivity contribution in [2.45, 2.75) is 6.92 Å². The number of rotatable bonds is 3. The van der Waals surface area contributed by atoms with E-state index in [1.165, 1.54) is 0 Å². The van der Waals surface area contributed by atoms with E-state index in [4.69, 9.17) is 4.42 Å². The Morgan fingerprint density at radius 1 is 1.53 bits per heavy atom. The van der Waals surface area contributed by atoms with Crippen LogP contribution >= 0.6 is 15.9 Å². The van der Waals surface area contributed by atoms with Crippen molar-refractivity contribution in [3.63, 3.8) is 0 Å². The number of nitrogens with one attached hydrogen (secondary N) is 2. The van der Waals surface area contributed by atoms with Gasteiger partial charge in [0, 0.05) is 41.0 Å². The fourth-order valence-electron chi connectivity index (χ4n) is 2.22. The molecule has 0 atom stereocenters. The lowest BCUT2D eigenvalue weighted by molar-refractivity contribution is 0.0915. The molecule has 0 unspecified atom stereocenters. The third-order valence-electron chi connectivity index (χ3n) is 3.52. The summed E-state index contributed by atoms with van der Waals surface area (Å²) in [5.41, 5.74) is 1.64. The van der Waals surface area contributed by atoms with Crippen molar-refractivity contribution in [3.05, 3.63) is 34.0 Å². The van der Waals surface area contributed by atoms with Gasteiger partial charge in [0.2, 0.25) is 0 Å². The van der Waals surface area contributed by atoms with Crippen molar-refractivity contribution < 1.29 is 9.21 Å². The van der Waals surface area contributed by atoms with Crippen molar-refractivity contribution in [3.8, 4) is 0 Å². The smallest absolute Gasteiger partial charge is 0.287 e. The van der Waals surface area contributed by atoms with Gasteiger partial charge in [-0.15, -0.1) is 0 Å². The summed E-state index contributed by atoms with van der Waals surface area (Å²) in [6.45, 7) is 4.57. The van der Waals surface area contributed by atoms with Crippen LogP contribution in [0.4, 0.5) is 0 Å². The van der Waals surface area contributed by atoms with Crippen LogP contribution < -0.4 is 10.6 Å². The van der Waals surface area contributed by atoms with Crippen molar-refractivity contribution in [1.29, 1.82) is 0 Å². The summed E-state index contributed by atoms with van der Waals surface area (Å²) >= 11 is 3.43. The molecule has 1 fully saturated rings. The molecule has 5 heteroatoms. The molecule has 2 heterocycles. The molecule has 2 aromatic rings. The number of amides is 1. The first-order valence-corrected chi connectivity index (χ1v) is 7.12. The zero-order valence-electron chi connectivity index (χ0n) is 10.6. The van der Waals surface area contributed by atoms with Gasteiger partial charge in [0.1, 0.15) is 5.58 Å². The Kier molecular flexibility index (Phi) is 3.33. The number of carbonyl (C=O) groups is 1. The highest BCUT2D eigenvalue weighted by atomic mass is 79.9. The lowest BCUT2D eigenvalue weighted by Crippen LogP contribution is -2.48. The van der Waals surface area contributed by atoms with Crippen LogP contribution in [-0.2, 0) is 0 Å². The third-order valence-corrected chi connectivity index (χ3v) is 4.02. The van der Waals surface area contributed by atoms with Gasteiger partial charge in [0.25, 0.3) is 5.91 Å². The molecule has 1 aliphatic rings. The first-order chi connectivity index (χ1) is 9.15. The van der Waals surface area contributed by atoms with Crippen molar-refractivity contribution in [1.82, 2.24) is 10.6 Å². The Labute approximate surface area is 119 Å². The van der Waals surface area contributed by atoms with E-state index < -0.39 is 0 Å². The second-order valence-corrected chi connectivity index (χ2v) is 5.85. The largest absolute Gasteiger partial charge is 0.451 e. The quantitative estimate of drug-likeness (QED) is 0.912. The maximum atomic E-state index is 12.1. The molecule has 1 aliphatic heterocycles. The summed E-state index contributed by atoms with van der Waals surface area (Å²) in [6.07, 6.45) is 0. The van der Waals surface area contributed by atoms with Crippen molar-refractivity contribution >= 4 is 32.8 Å². The molecule has 3 rings (SSSR count). The van der Waals surface area contributed by atoms with Gasteiger partial charge in [-0.1, -0.05) is 15.9 Å². The van der Waals surface area contributed by atoms with Gasteiger partial charge < -0.3 is 15.1 Å². The minimum atomic E-state index is -0.128. The summed E-state index contributed by atoms with van der Waals surface area (Å²) in [4.78, 5) is 12.1. The van der Waals surface area contributed by atoms with E-state index in [0.717, 1.165) is 34.1 Å². The minimum Gasteiger partial charge on any atom is -0.451 e. The van der Waals surface area contributed by atoms with Crippen LogP contribution in [0.1, 0.15) is 16.1 Å². The van der Waals surface area contributed by atoms with Crippen LogP contribution in [-0.4, -0.2) is 25.5 Å². The number of fused-ring (bicyclic) bond motifs is 1. The van der Waals surface area contributed by atoms with E-state index in [2.05, 4.69) is 26.6 Å². The number of carbonyl (C=O) groups excluding carboxylic acids is 1. The topological polar surface area (TPSA) is 54.3 Å². The predicted molar refractivity (Wildman–Crippen MR) is 77.3 cm³/mol. The van der Waals surface area contributed by atoms with Crippen LogP contribution in [0.3, 0.4) is 0 Å². The Bertz CT molecular complexity index is 632. The zero-order valence-corrected chi connectivity index (χ0v) is 12.2. The summed E-state index contributed by atoms with van der Waals surface area (Å²) < 4.78 is 6.63. The van der Waals surface area contributed by atoms with E-state index in [0.29, 0.717) is 18.2 Å². The van der Waals surface area contributed by atoms with Gasteiger partial charge in [0.15, 0.2) is 5.76 Å². The Morgan fingerprint density at radius 3 is 3.00 bits per heavy atom. The molecular weight excluding hydrogens is 308 g/mol. The van der Waals surface area contributed by atoms with Crippen molar-refractivity contribution in [2.24, 2.45) is 5.92 Å². The van der Waals surface area contributed by atoms with Crippen LogP contribution in [0.25, 0.3) is 11.0 Å². The summed E-state index contributed by atoms with van der Waals surface area (Å²) in [5.74, 6) is 0.833. The van der Waals surface area contributed by atoms with E-state index >= 15 is 0 Å². The van der Waals surface area contributed by atoms with Crippen molar-refractivity contribution in [2.75, 3.05) is 19.6 Å². The molecule has 19 heavy (non-hydrogen) atoms. The normalized spacial score (nSPS) is 15.5. The van der Waals surface area contributed by atoms with Gasteiger partial charge in [-0.25, -0.2) is 0 Å². The first kappa shape index (κ1) is 12.7. The molecule has 0 spiro atoms. The number of hydrogen-bond acceptors (Lipinski definition) is 3. The molecule has 2 N–H and O–H groups in total. The maximum absolute atomic E-state index is 12.1. The van der Waals surface area contributed by atoms with Gasteiger partial charge in [-0.2, -0.15) is 0 Å². The number of aryl methyl sites for hydroxylation is 1. The SMILES string of the molecule is Cc1c(C(=O)NCC2CNC2)oc2ccc(Br)cc12. The van der Waals surface area contributed by atoms with Crippen LogP contribution in [0.15, 0.2) is 27.1 Å². The highest BCUT2D eigenvalue weighted by Crippen LogP contribution is 2.27. The Balaban J connectivity index is 1.83. The first-order valence-electron chi connectivity index (χ1n) is 6.32. The maximum Gasteiger partial charge on any atom is 0.287 e. The monoisotopic (exact) mass is 322 g/mol. The molecule has 1 aromatic carbocycles. The molecule has 0 bridgehead atoms. The molecule has 0 radical (unpaired) electrons. The molecule has 1 amide bonds. The van der Waals surface area contributed by atoms with Gasteiger partial charge in [-0.05, 0) is 25.1 Å². The number of hydrogen-bond donors (Lipinski definition) is 2. The summed E-state index contributed by atoms with van der Waals surface area (Å²) in [6, 6.07) is 5.76. The third kappa shape index (κ3) is 2.40. The van der Waals surface area contributed by atoms with Crippen LogP contribution in [0.5, 0.6) is 0 Å². The van der Waals surface area contributed by atoms with Gasteiger partial charge >= 0.3 is 0 Å². The molecule has 100 valence electrons. The molecule has 1 aromatic heterocycles. The average Bonchev–Trinajstić information content (AvgIpc) is 2.65. The lowest BCUT2D eigenvalue weighted by Gasteiger charge is -2.26. The second kappa shape index (κ2) is 4.98. The highest BCUT2D eigenvalue weighted by molar-refractivity contribution is 9.10. The van der Waals surface area contributed by atoms with Gasteiger partial charge in [0.05, 0.1) is 0 Å². The predicted octanol–water partition coefficient (Wildman–Crippen LogP) is 2.45. The standard InChI is InChI=1S/C14H15BrN2O2/c1-8-11-4-10(15)2-3-12(11)19-13(8)14(18)17-7-9-5-16-6-9/h2-4,9,16H,5-7H2,1H3,(H,17,18). The summed E-state index contributed by atoms with van der Waals surface area (Å²) in [7, 11) is 0. The fourth-order valence-corrected chi connectivity index (χ4v) is 2.58. The van der Waals surface area contributed by atoms with Crippen LogP contribution in [0.2, 0.25) is 0 Å². The average molecular weight is 323 g/mol. The zero-order chi connectivity index (χ0) is 13.4. The lowest BCUT2D eigenvalue weighted by atomic mass is 10.0. The minimum absolute atomic E-state index is 0.128. The van der Waals surface area contributed by atoms with Crippen LogP contribution in [0, 0.1) is 12.8 Å². The van der Waals surface area contributed by atoms with E-state index in [-0.39, 0.29) is 5.91 Å². The Hall–Kier alpha value is -1.33. The van der Waals surface area contributed by atoms with E-state index in [1.54, 1.807) is 0 Å². The number of halogens is 1. The fraction of sp³-hybridized carbons (Fsp3) is 0.357. The van der Waals surface area contributed by atoms with Gasteiger partial charge in [-0.3, -0.25) is 4.79 Å².